The highest BCUT2D eigenvalue weighted by Gasteiger charge is 2.61. The first-order chi connectivity index (χ1) is 19.6. The van der Waals surface area contributed by atoms with Gasteiger partial charge in [-0.25, -0.2) is 0 Å². The highest BCUT2D eigenvalue weighted by molar-refractivity contribution is 6.23. The normalized spacial score (nSPS) is 25.3. The number of likely N-dealkylation sites (N-methyl/N-ethyl adjacent to an activating group) is 1. The minimum absolute atomic E-state index is 0.0274. The second-order valence-corrected chi connectivity index (χ2v) is 12.6. The third-order valence-electron chi connectivity index (χ3n) is 8.95. The van der Waals surface area contributed by atoms with Gasteiger partial charge in [0.1, 0.15) is 17.1 Å². The van der Waals surface area contributed by atoms with Gasteiger partial charge >= 0.3 is 0 Å². The zero-order valence-corrected chi connectivity index (χ0v) is 25.2. The molecule has 4 rings (SSSR count). The van der Waals surface area contributed by atoms with Gasteiger partial charge in [0.15, 0.2) is 17.3 Å². The van der Waals surface area contributed by atoms with Crippen LogP contribution in [0.5, 0.6) is 5.75 Å². The van der Waals surface area contributed by atoms with Crippen LogP contribution >= 0.6 is 0 Å². The first-order valence-electron chi connectivity index (χ1n) is 14.0. The highest BCUT2D eigenvalue weighted by Crippen LogP contribution is 2.57. The number of allylic oxidation sites excluding steroid dienone is 2. The Labute approximate surface area is 245 Å². The predicted molar refractivity (Wildman–Crippen MR) is 155 cm³/mol. The minimum atomic E-state index is -1.68. The number of hydrogen-bond donors (Lipinski definition) is 4. The van der Waals surface area contributed by atoms with Crippen molar-refractivity contribution < 1.29 is 34.2 Å². The van der Waals surface area contributed by atoms with E-state index in [0.29, 0.717) is 36.2 Å². The van der Waals surface area contributed by atoms with E-state index in [1.165, 1.54) is 11.8 Å². The van der Waals surface area contributed by atoms with Crippen LogP contribution < -0.4 is 16.5 Å². The second-order valence-electron chi connectivity index (χ2n) is 12.6. The molecule has 1 aromatic rings. The number of benzene rings is 1. The van der Waals surface area contributed by atoms with Crippen LogP contribution in [-0.4, -0.2) is 84.7 Å². The number of carbonyl (C=O) groups excluding carboxylic acids is 4. The van der Waals surface area contributed by atoms with E-state index in [0.717, 1.165) is 0 Å². The number of phenols is 1. The molecule has 6 N–H and O–H groups in total. The number of hydrogen-bond acceptors (Lipinski definition) is 10. The van der Waals surface area contributed by atoms with E-state index in [1.54, 1.807) is 25.1 Å². The molecule has 2 amide bonds. The average molecular weight is 584 g/mol. The maximum atomic E-state index is 14.3. The van der Waals surface area contributed by atoms with Gasteiger partial charge in [0, 0.05) is 49.9 Å². The number of amides is 2. The second kappa shape index (κ2) is 11.1. The van der Waals surface area contributed by atoms with Gasteiger partial charge in [-0.15, -0.1) is 0 Å². The Morgan fingerprint density at radius 3 is 2.36 bits per heavy atom. The molecule has 0 aromatic heterocycles. The smallest absolute Gasteiger partial charge is 0.255 e. The molecule has 3 aliphatic rings. The summed E-state index contributed by atoms with van der Waals surface area (Å²) in [4.78, 5) is 62.6. The zero-order chi connectivity index (χ0) is 31.4. The van der Waals surface area contributed by atoms with E-state index in [2.05, 4.69) is 0 Å². The Bertz CT molecular complexity index is 1410. The number of fused-ring (bicyclic) bond motifs is 3. The van der Waals surface area contributed by atoms with E-state index in [1.807, 2.05) is 32.8 Å². The molecule has 0 saturated carbocycles. The largest absolute Gasteiger partial charge is 0.511 e. The Hall–Kier alpha value is -3.90. The molecule has 12 heteroatoms. The number of nitrogens with zero attached hydrogens (tertiary/aromatic N) is 3. The van der Waals surface area contributed by atoms with Crippen molar-refractivity contribution in [1.29, 1.82) is 0 Å². The van der Waals surface area contributed by atoms with Crippen LogP contribution in [0.3, 0.4) is 0 Å². The fourth-order valence-electron chi connectivity index (χ4n) is 7.10. The van der Waals surface area contributed by atoms with Crippen molar-refractivity contribution >= 4 is 29.6 Å². The molecule has 42 heavy (non-hydrogen) atoms. The van der Waals surface area contributed by atoms with E-state index in [9.17, 15) is 29.4 Å². The fraction of sp³-hybridized carbons (Fsp3) is 0.533. The molecule has 0 fully saturated rings. The zero-order valence-electron chi connectivity index (χ0n) is 25.2. The molecule has 3 aliphatic carbocycles. The summed E-state index contributed by atoms with van der Waals surface area (Å²) in [7, 11) is 7.13. The molecule has 1 unspecified atom stereocenters. The Morgan fingerprint density at radius 1 is 1.21 bits per heavy atom. The first-order valence-corrected chi connectivity index (χ1v) is 14.0. The van der Waals surface area contributed by atoms with Crippen molar-refractivity contribution in [2.45, 2.75) is 46.2 Å². The van der Waals surface area contributed by atoms with Gasteiger partial charge in [0.2, 0.25) is 6.41 Å². The van der Waals surface area contributed by atoms with Crippen molar-refractivity contribution in [3.05, 3.63) is 45.4 Å². The highest BCUT2D eigenvalue weighted by atomic mass is 16.6. The summed E-state index contributed by atoms with van der Waals surface area (Å²) in [5.74, 6) is 1.43. The summed E-state index contributed by atoms with van der Waals surface area (Å²) in [6.07, 6.45) is 1.30. The summed E-state index contributed by atoms with van der Waals surface area (Å²) < 4.78 is 0. The summed E-state index contributed by atoms with van der Waals surface area (Å²) in [5.41, 5.74) is 5.24. The Kier molecular flexibility index (Phi) is 8.18. The number of Topliss-reactive ketones (excluding diaryl/α,β-unsaturated/α-hetero) is 2. The number of carbonyl (C=O) groups is 4. The quantitative estimate of drug-likeness (QED) is 0.189. The van der Waals surface area contributed by atoms with Crippen LogP contribution in [0.4, 0.5) is 5.69 Å². The molecule has 0 saturated heterocycles. The van der Waals surface area contributed by atoms with Crippen molar-refractivity contribution in [2.24, 2.45) is 34.8 Å². The topological polar surface area (TPSA) is 180 Å². The minimum Gasteiger partial charge on any atom is -0.511 e. The number of rotatable bonds is 9. The number of phenolic OH excluding ortho intramolecular Hbond substituents is 1. The van der Waals surface area contributed by atoms with E-state index in [4.69, 9.17) is 16.5 Å². The fourth-order valence-corrected chi connectivity index (χ4v) is 7.10. The van der Waals surface area contributed by atoms with Gasteiger partial charge in [0.05, 0.1) is 17.0 Å². The standard InChI is InChI=1S/C30H41N5O7/c1-14(2)11-35(13-36)12-16-10-19(33(4)5)17-8-15-9-18-23(34(6)7)26(42-32)22(29(31)41)28(40)30(18,3)27(39)20(15)25(38)21(17)24(16)37/h10,13-15,18,23,37,39H,8-9,11-12,32H2,1-7H3,(H2,31,41)/t15-,18-,23?,30+/m0/s1. The van der Waals surface area contributed by atoms with Crippen LogP contribution in [0.2, 0.25) is 0 Å². The molecule has 0 aliphatic heterocycles. The summed E-state index contributed by atoms with van der Waals surface area (Å²) in [6.45, 7) is 5.99. The van der Waals surface area contributed by atoms with E-state index in [-0.39, 0.29) is 41.5 Å². The molecular formula is C30H41N5O7. The molecule has 4 atom stereocenters. The molecule has 228 valence electrons. The van der Waals surface area contributed by atoms with Crippen molar-refractivity contribution in [3.8, 4) is 5.75 Å². The van der Waals surface area contributed by atoms with Crippen molar-refractivity contribution in [3.63, 3.8) is 0 Å². The molecule has 1 aromatic carbocycles. The number of aliphatic hydroxyl groups excluding tert-OH is 1. The van der Waals surface area contributed by atoms with E-state index < -0.39 is 52.1 Å². The van der Waals surface area contributed by atoms with Gasteiger partial charge < -0.3 is 30.6 Å². The summed E-state index contributed by atoms with van der Waals surface area (Å²) in [5, 5.41) is 23.3. The number of aliphatic hydroxyl groups is 1. The average Bonchev–Trinajstić information content (AvgIpc) is 2.90. The number of anilines is 1. The SMILES string of the molecule is CC(C)CN(C=O)Cc1cc(N(C)C)c2c(c1O)C(=O)C1=C(O)[C@]3(C)C(=O)C(C(N)=O)=C(ON)C(N(C)C)[C@@H]3C[C@@H]1C2. The third kappa shape index (κ3) is 4.62. The molecule has 0 bridgehead atoms. The van der Waals surface area contributed by atoms with Crippen LogP contribution in [0.1, 0.15) is 48.7 Å². The third-order valence-corrected chi connectivity index (χ3v) is 8.95. The molecule has 12 nitrogen and oxygen atoms in total. The number of nitrogens with two attached hydrogens (primary N) is 2. The summed E-state index contributed by atoms with van der Waals surface area (Å²) in [6, 6.07) is 1.09. The lowest BCUT2D eigenvalue weighted by Gasteiger charge is -2.51. The van der Waals surface area contributed by atoms with Gasteiger partial charge in [-0.1, -0.05) is 13.8 Å². The maximum absolute atomic E-state index is 14.3. The first kappa shape index (κ1) is 31.0. The van der Waals surface area contributed by atoms with Crippen molar-refractivity contribution in [2.75, 3.05) is 39.6 Å². The summed E-state index contributed by atoms with van der Waals surface area (Å²) >= 11 is 0. The van der Waals surface area contributed by atoms with Crippen LogP contribution in [-0.2, 0) is 32.2 Å². The number of ketones is 2. The van der Waals surface area contributed by atoms with Gasteiger partial charge in [-0.3, -0.25) is 24.1 Å². The number of aromatic hydroxyl groups is 1. The number of primary amides is 1. The maximum Gasteiger partial charge on any atom is 0.255 e. The van der Waals surface area contributed by atoms with Gasteiger partial charge in [-0.05, 0) is 57.3 Å². The lowest BCUT2D eigenvalue weighted by molar-refractivity contribution is -0.134. The Balaban J connectivity index is 1.94. The monoisotopic (exact) mass is 583 g/mol. The lowest BCUT2D eigenvalue weighted by atomic mass is 9.54. The van der Waals surface area contributed by atoms with Gasteiger partial charge in [0.25, 0.3) is 5.91 Å². The predicted octanol–water partition coefficient (Wildman–Crippen LogP) is 1.41. The van der Waals surface area contributed by atoms with E-state index >= 15 is 0 Å². The van der Waals surface area contributed by atoms with Gasteiger partial charge in [-0.2, -0.15) is 5.90 Å². The molecule has 0 spiro atoms. The van der Waals surface area contributed by atoms with Crippen LogP contribution in [0.25, 0.3) is 0 Å². The molecule has 0 heterocycles. The van der Waals surface area contributed by atoms with Crippen LogP contribution in [0.15, 0.2) is 28.7 Å². The molecule has 0 radical (unpaired) electrons. The Morgan fingerprint density at radius 2 is 1.86 bits per heavy atom. The molecular weight excluding hydrogens is 542 g/mol. The lowest BCUT2D eigenvalue weighted by Crippen LogP contribution is -2.59. The van der Waals surface area contributed by atoms with Crippen molar-refractivity contribution in [1.82, 2.24) is 9.80 Å². The van der Waals surface area contributed by atoms with Crippen LogP contribution in [0, 0.1) is 23.2 Å².